The Kier molecular flexibility index (Phi) is 4.94. The molecule has 1 N–H and O–H groups in total. The third-order valence-electron chi connectivity index (χ3n) is 4.82. The van der Waals surface area contributed by atoms with Gasteiger partial charge in [0.05, 0.1) is 36.2 Å². The van der Waals surface area contributed by atoms with Crippen LogP contribution in [0.4, 0.5) is 0 Å². The third-order valence-corrected chi connectivity index (χ3v) is 5.55. The van der Waals surface area contributed by atoms with E-state index in [4.69, 9.17) is 32.7 Å². The number of halogens is 2. The van der Waals surface area contributed by atoms with Gasteiger partial charge in [-0.3, -0.25) is 4.79 Å². The van der Waals surface area contributed by atoms with Crippen LogP contribution in [-0.4, -0.2) is 43.8 Å². The largest absolute Gasteiger partial charge is 0.454 e. The van der Waals surface area contributed by atoms with Gasteiger partial charge in [-0.25, -0.2) is 0 Å². The lowest BCUT2D eigenvalue weighted by atomic mass is 10.1. The maximum Gasteiger partial charge on any atom is 0.254 e. The number of hydrogen-bond donors (Lipinski definition) is 1. The van der Waals surface area contributed by atoms with E-state index in [-0.39, 0.29) is 5.91 Å². The third kappa shape index (κ3) is 3.61. The number of rotatable bonds is 3. The molecule has 136 valence electrons. The number of nitrogens with zero attached hydrogens (tertiary/aromatic N) is 1. The molecular formula is C19H19Cl2N2O3+. The van der Waals surface area contributed by atoms with Gasteiger partial charge < -0.3 is 19.3 Å². The van der Waals surface area contributed by atoms with Crippen molar-refractivity contribution in [2.45, 2.75) is 6.54 Å². The highest BCUT2D eigenvalue weighted by molar-refractivity contribution is 6.42. The Labute approximate surface area is 162 Å². The number of carbonyl (C=O) groups is 1. The zero-order valence-electron chi connectivity index (χ0n) is 14.1. The number of amides is 1. The van der Waals surface area contributed by atoms with Crippen LogP contribution in [0.2, 0.25) is 10.0 Å². The van der Waals surface area contributed by atoms with Crippen LogP contribution >= 0.6 is 23.2 Å². The second-order valence-electron chi connectivity index (χ2n) is 6.54. The van der Waals surface area contributed by atoms with Crippen molar-refractivity contribution >= 4 is 29.1 Å². The molecule has 0 atom stereocenters. The average Bonchev–Trinajstić information content (AvgIpc) is 3.12. The molecule has 2 heterocycles. The molecule has 0 aliphatic carbocycles. The Bertz CT molecular complexity index is 836. The zero-order valence-corrected chi connectivity index (χ0v) is 15.6. The number of carbonyl (C=O) groups excluding carboxylic acids is 1. The molecule has 26 heavy (non-hydrogen) atoms. The summed E-state index contributed by atoms with van der Waals surface area (Å²) in [5.41, 5.74) is 1.80. The first-order chi connectivity index (χ1) is 12.6. The first kappa shape index (κ1) is 17.5. The molecule has 5 nitrogen and oxygen atoms in total. The van der Waals surface area contributed by atoms with E-state index in [0.29, 0.717) is 22.4 Å². The van der Waals surface area contributed by atoms with Gasteiger partial charge in [-0.1, -0.05) is 23.2 Å². The van der Waals surface area contributed by atoms with E-state index in [1.54, 1.807) is 18.2 Å². The minimum Gasteiger partial charge on any atom is -0.454 e. The number of nitrogens with one attached hydrogen (secondary N) is 1. The SMILES string of the molecule is O=C(c1ccc(Cl)c(Cl)c1)N1CC[NH+](Cc2ccc3c(c2)OCO3)CC1. The lowest BCUT2D eigenvalue weighted by molar-refractivity contribution is -0.917. The maximum absolute atomic E-state index is 12.6. The van der Waals surface area contributed by atoms with Gasteiger partial charge in [0.15, 0.2) is 11.5 Å². The lowest BCUT2D eigenvalue weighted by Gasteiger charge is -2.32. The molecule has 1 amide bonds. The topological polar surface area (TPSA) is 43.2 Å². The number of hydrogen-bond acceptors (Lipinski definition) is 3. The second-order valence-corrected chi connectivity index (χ2v) is 7.35. The highest BCUT2D eigenvalue weighted by Crippen LogP contribution is 2.32. The van der Waals surface area contributed by atoms with Crippen molar-refractivity contribution in [2.75, 3.05) is 33.0 Å². The summed E-state index contributed by atoms with van der Waals surface area (Å²) in [6.07, 6.45) is 0. The van der Waals surface area contributed by atoms with E-state index in [0.717, 1.165) is 44.2 Å². The Morgan fingerprint density at radius 2 is 1.77 bits per heavy atom. The van der Waals surface area contributed by atoms with E-state index < -0.39 is 0 Å². The maximum atomic E-state index is 12.6. The summed E-state index contributed by atoms with van der Waals surface area (Å²) < 4.78 is 10.8. The number of piperazine rings is 1. The van der Waals surface area contributed by atoms with E-state index >= 15 is 0 Å². The number of fused-ring (bicyclic) bond motifs is 1. The summed E-state index contributed by atoms with van der Waals surface area (Å²) >= 11 is 12.0. The van der Waals surface area contributed by atoms with Gasteiger partial charge in [0.2, 0.25) is 6.79 Å². The molecule has 1 saturated heterocycles. The molecule has 1 fully saturated rings. The van der Waals surface area contributed by atoms with Crippen LogP contribution in [0.15, 0.2) is 36.4 Å². The zero-order chi connectivity index (χ0) is 18.1. The predicted molar refractivity (Wildman–Crippen MR) is 99.3 cm³/mol. The van der Waals surface area contributed by atoms with Crippen LogP contribution in [0.25, 0.3) is 0 Å². The normalized spacial score (nSPS) is 16.8. The summed E-state index contributed by atoms with van der Waals surface area (Å²) in [4.78, 5) is 16.0. The second kappa shape index (κ2) is 7.35. The average molecular weight is 394 g/mol. The van der Waals surface area contributed by atoms with Crippen LogP contribution in [0.1, 0.15) is 15.9 Å². The van der Waals surface area contributed by atoms with E-state index in [9.17, 15) is 4.79 Å². The Balaban J connectivity index is 1.35. The smallest absolute Gasteiger partial charge is 0.254 e. The van der Waals surface area contributed by atoms with Gasteiger partial charge >= 0.3 is 0 Å². The molecule has 2 aliphatic heterocycles. The minimum atomic E-state index is 0.00527. The summed E-state index contributed by atoms with van der Waals surface area (Å²) in [6.45, 7) is 4.45. The van der Waals surface area contributed by atoms with Gasteiger partial charge in [-0.15, -0.1) is 0 Å². The molecule has 0 saturated carbocycles. The fourth-order valence-corrected chi connectivity index (χ4v) is 3.65. The van der Waals surface area contributed by atoms with Crippen LogP contribution < -0.4 is 14.4 Å². The van der Waals surface area contributed by atoms with E-state index in [2.05, 4.69) is 6.07 Å². The Morgan fingerprint density at radius 3 is 2.54 bits per heavy atom. The van der Waals surface area contributed by atoms with Crippen molar-refractivity contribution in [2.24, 2.45) is 0 Å². The minimum absolute atomic E-state index is 0.00527. The fraction of sp³-hybridized carbons (Fsp3) is 0.316. The van der Waals surface area contributed by atoms with Crippen molar-refractivity contribution in [3.05, 3.63) is 57.6 Å². The summed E-state index contributed by atoms with van der Waals surface area (Å²) in [6, 6.07) is 11.1. The van der Waals surface area contributed by atoms with Gasteiger partial charge in [-0.05, 0) is 36.4 Å². The van der Waals surface area contributed by atoms with Crippen molar-refractivity contribution in [1.82, 2.24) is 4.90 Å². The molecule has 2 aliphatic rings. The highest BCUT2D eigenvalue weighted by Gasteiger charge is 2.25. The molecule has 0 aromatic heterocycles. The molecule has 2 aromatic carbocycles. The van der Waals surface area contributed by atoms with Gasteiger partial charge in [0.1, 0.15) is 6.54 Å². The molecule has 2 aromatic rings. The molecule has 0 radical (unpaired) electrons. The van der Waals surface area contributed by atoms with Crippen molar-refractivity contribution < 1.29 is 19.2 Å². The number of benzene rings is 2. The quantitative estimate of drug-likeness (QED) is 0.869. The van der Waals surface area contributed by atoms with Crippen molar-refractivity contribution in [3.8, 4) is 11.5 Å². The fourth-order valence-electron chi connectivity index (χ4n) is 3.35. The molecule has 0 spiro atoms. The molecule has 7 heteroatoms. The Morgan fingerprint density at radius 1 is 1.00 bits per heavy atom. The van der Waals surface area contributed by atoms with Crippen LogP contribution in [0.5, 0.6) is 11.5 Å². The molecule has 0 unspecified atom stereocenters. The summed E-state index contributed by atoms with van der Waals surface area (Å²) in [5.74, 6) is 1.63. The standard InChI is InChI=1S/C19H18Cl2N2O3/c20-15-3-2-14(10-16(15)21)19(24)23-7-5-22(6-8-23)11-13-1-4-17-18(9-13)26-12-25-17/h1-4,9-10H,5-8,11-12H2/p+1. The summed E-state index contributed by atoms with van der Waals surface area (Å²) in [7, 11) is 0. The van der Waals surface area contributed by atoms with E-state index in [1.165, 1.54) is 10.5 Å². The highest BCUT2D eigenvalue weighted by atomic mass is 35.5. The van der Waals surface area contributed by atoms with Crippen LogP contribution in [-0.2, 0) is 6.54 Å². The van der Waals surface area contributed by atoms with Crippen LogP contribution in [0, 0.1) is 0 Å². The summed E-state index contributed by atoms with van der Waals surface area (Å²) in [5, 5.41) is 0.866. The first-order valence-electron chi connectivity index (χ1n) is 8.56. The molecule has 0 bridgehead atoms. The molecular weight excluding hydrogens is 375 g/mol. The van der Waals surface area contributed by atoms with Gasteiger partial charge in [0, 0.05) is 11.1 Å². The predicted octanol–water partition coefficient (Wildman–Crippen LogP) is 2.26. The van der Waals surface area contributed by atoms with Gasteiger partial charge in [-0.2, -0.15) is 0 Å². The van der Waals surface area contributed by atoms with E-state index in [1.807, 2.05) is 17.0 Å². The van der Waals surface area contributed by atoms with Crippen LogP contribution in [0.3, 0.4) is 0 Å². The molecule has 4 rings (SSSR count). The number of quaternary nitrogens is 1. The number of ether oxygens (including phenoxy) is 2. The monoisotopic (exact) mass is 393 g/mol. The van der Waals surface area contributed by atoms with Crippen molar-refractivity contribution in [3.63, 3.8) is 0 Å². The van der Waals surface area contributed by atoms with Gasteiger partial charge in [0.25, 0.3) is 5.91 Å². The first-order valence-corrected chi connectivity index (χ1v) is 9.32. The Hall–Kier alpha value is -1.95. The van der Waals surface area contributed by atoms with Crippen molar-refractivity contribution in [1.29, 1.82) is 0 Å². The lowest BCUT2D eigenvalue weighted by Crippen LogP contribution is -3.13.